The standard InChI is InChI=1S/C22H22ClN3O4/c1-14-21(23)15(2)26(25-14)18-10-8-16(9-11-18)22(28)30-13-20(27)24-12-17-6-4-5-7-19(17)29-3/h4-11H,12-13H2,1-3H3,(H,24,27). The Morgan fingerprint density at radius 1 is 1.10 bits per heavy atom. The normalized spacial score (nSPS) is 10.5. The number of hydrogen-bond donors (Lipinski definition) is 1. The number of esters is 1. The number of aromatic nitrogens is 2. The van der Waals surface area contributed by atoms with E-state index < -0.39 is 11.9 Å². The van der Waals surface area contributed by atoms with Gasteiger partial charge in [-0.15, -0.1) is 0 Å². The zero-order valence-electron chi connectivity index (χ0n) is 16.9. The van der Waals surface area contributed by atoms with E-state index in [9.17, 15) is 9.59 Å². The predicted octanol–water partition coefficient (Wildman–Crippen LogP) is 3.62. The molecule has 1 heterocycles. The number of para-hydroxylation sites is 1. The average Bonchev–Trinajstić information content (AvgIpc) is 3.03. The SMILES string of the molecule is COc1ccccc1CNC(=O)COC(=O)c1ccc(-n2nc(C)c(Cl)c2C)cc1. The van der Waals surface area contributed by atoms with E-state index >= 15 is 0 Å². The molecule has 156 valence electrons. The van der Waals surface area contributed by atoms with Crippen molar-refractivity contribution in [2.75, 3.05) is 13.7 Å². The molecule has 3 aromatic rings. The van der Waals surface area contributed by atoms with Crippen LogP contribution in [0.3, 0.4) is 0 Å². The molecular weight excluding hydrogens is 406 g/mol. The van der Waals surface area contributed by atoms with Gasteiger partial charge in [0.15, 0.2) is 6.61 Å². The molecule has 0 aliphatic rings. The van der Waals surface area contributed by atoms with Crippen LogP contribution < -0.4 is 10.1 Å². The van der Waals surface area contributed by atoms with E-state index in [1.54, 1.807) is 36.1 Å². The second-order valence-corrected chi connectivity index (χ2v) is 6.99. The zero-order valence-corrected chi connectivity index (χ0v) is 17.7. The summed E-state index contributed by atoms with van der Waals surface area (Å²) < 4.78 is 12.0. The molecule has 1 aromatic heterocycles. The van der Waals surface area contributed by atoms with Crippen LogP contribution in [0.1, 0.15) is 27.3 Å². The zero-order chi connectivity index (χ0) is 21.7. The molecule has 8 heteroatoms. The van der Waals surface area contributed by atoms with Crippen LogP contribution in [-0.2, 0) is 16.1 Å². The molecule has 7 nitrogen and oxygen atoms in total. The van der Waals surface area contributed by atoms with Gasteiger partial charge in [-0.2, -0.15) is 5.10 Å². The predicted molar refractivity (Wildman–Crippen MR) is 113 cm³/mol. The van der Waals surface area contributed by atoms with Crippen LogP contribution in [0.2, 0.25) is 5.02 Å². The molecule has 1 N–H and O–H groups in total. The van der Waals surface area contributed by atoms with E-state index in [2.05, 4.69) is 10.4 Å². The summed E-state index contributed by atoms with van der Waals surface area (Å²) in [5, 5.41) is 7.69. The number of halogens is 1. The third kappa shape index (κ3) is 4.80. The van der Waals surface area contributed by atoms with E-state index in [0.29, 0.717) is 16.3 Å². The Hall–Kier alpha value is -3.32. The van der Waals surface area contributed by atoms with Crippen molar-refractivity contribution in [3.05, 3.63) is 76.1 Å². The summed E-state index contributed by atoms with van der Waals surface area (Å²) in [6.07, 6.45) is 0. The highest BCUT2D eigenvalue weighted by molar-refractivity contribution is 6.31. The molecular formula is C22H22ClN3O4. The van der Waals surface area contributed by atoms with Gasteiger partial charge in [0.05, 0.1) is 34.8 Å². The van der Waals surface area contributed by atoms with Crippen molar-refractivity contribution in [2.24, 2.45) is 0 Å². The second-order valence-electron chi connectivity index (χ2n) is 6.61. The number of amides is 1. The first kappa shape index (κ1) is 21.4. The number of carbonyl (C=O) groups excluding carboxylic acids is 2. The van der Waals surface area contributed by atoms with E-state index in [-0.39, 0.29) is 13.2 Å². The minimum atomic E-state index is -0.583. The fourth-order valence-electron chi connectivity index (χ4n) is 2.92. The Labute approximate surface area is 179 Å². The number of ether oxygens (including phenoxy) is 2. The van der Waals surface area contributed by atoms with E-state index in [1.165, 1.54) is 0 Å². The van der Waals surface area contributed by atoms with Gasteiger partial charge in [-0.3, -0.25) is 4.79 Å². The monoisotopic (exact) mass is 427 g/mol. The average molecular weight is 428 g/mol. The minimum absolute atomic E-state index is 0.278. The molecule has 1 amide bonds. The van der Waals surface area contributed by atoms with Crippen LogP contribution in [0, 0.1) is 13.8 Å². The molecule has 0 atom stereocenters. The summed E-state index contributed by atoms with van der Waals surface area (Å²) >= 11 is 6.18. The lowest BCUT2D eigenvalue weighted by atomic mass is 10.2. The Bertz CT molecular complexity index is 1060. The molecule has 0 unspecified atom stereocenters. The van der Waals surface area contributed by atoms with E-state index in [0.717, 1.165) is 22.6 Å². The molecule has 0 spiro atoms. The third-order valence-electron chi connectivity index (χ3n) is 4.55. The first-order valence-electron chi connectivity index (χ1n) is 9.28. The van der Waals surface area contributed by atoms with Gasteiger partial charge < -0.3 is 14.8 Å². The van der Waals surface area contributed by atoms with Crippen LogP contribution in [0.5, 0.6) is 5.75 Å². The largest absolute Gasteiger partial charge is 0.496 e. The topological polar surface area (TPSA) is 82.5 Å². The maximum atomic E-state index is 12.2. The molecule has 30 heavy (non-hydrogen) atoms. The van der Waals surface area contributed by atoms with Crippen molar-refractivity contribution in [1.82, 2.24) is 15.1 Å². The molecule has 0 saturated heterocycles. The first-order chi connectivity index (χ1) is 14.4. The Morgan fingerprint density at radius 2 is 1.80 bits per heavy atom. The van der Waals surface area contributed by atoms with Crippen molar-refractivity contribution < 1.29 is 19.1 Å². The van der Waals surface area contributed by atoms with Gasteiger partial charge in [-0.1, -0.05) is 29.8 Å². The van der Waals surface area contributed by atoms with Gasteiger partial charge >= 0.3 is 5.97 Å². The van der Waals surface area contributed by atoms with Gasteiger partial charge in [-0.25, -0.2) is 9.48 Å². The summed E-state index contributed by atoms with van der Waals surface area (Å²) in [5.74, 6) is -0.303. The third-order valence-corrected chi connectivity index (χ3v) is 5.10. The maximum absolute atomic E-state index is 12.2. The summed E-state index contributed by atoms with van der Waals surface area (Å²) in [6.45, 7) is 3.60. The molecule has 0 fully saturated rings. The molecule has 0 aliphatic heterocycles. The van der Waals surface area contributed by atoms with Crippen LogP contribution in [-0.4, -0.2) is 35.4 Å². The highest BCUT2D eigenvalue weighted by Gasteiger charge is 2.13. The lowest BCUT2D eigenvalue weighted by molar-refractivity contribution is -0.124. The van der Waals surface area contributed by atoms with Gasteiger partial charge in [0.2, 0.25) is 0 Å². The van der Waals surface area contributed by atoms with E-state index in [4.69, 9.17) is 21.1 Å². The van der Waals surface area contributed by atoms with Crippen molar-refractivity contribution >= 4 is 23.5 Å². The van der Waals surface area contributed by atoms with Crippen molar-refractivity contribution in [3.63, 3.8) is 0 Å². The minimum Gasteiger partial charge on any atom is -0.496 e. The number of benzene rings is 2. The summed E-state index contributed by atoms with van der Waals surface area (Å²) in [6, 6.07) is 14.1. The first-order valence-corrected chi connectivity index (χ1v) is 9.66. The highest BCUT2D eigenvalue weighted by atomic mass is 35.5. The number of nitrogens with one attached hydrogen (secondary N) is 1. The Balaban J connectivity index is 1.54. The molecule has 3 rings (SSSR count). The molecule has 0 aliphatic carbocycles. The fourth-order valence-corrected chi connectivity index (χ4v) is 3.04. The van der Waals surface area contributed by atoms with Gasteiger partial charge in [0, 0.05) is 12.1 Å². The van der Waals surface area contributed by atoms with Crippen LogP contribution in [0.15, 0.2) is 48.5 Å². The smallest absolute Gasteiger partial charge is 0.338 e. The van der Waals surface area contributed by atoms with Crippen molar-refractivity contribution in [3.8, 4) is 11.4 Å². The maximum Gasteiger partial charge on any atom is 0.338 e. The second kappa shape index (κ2) is 9.45. The molecule has 0 saturated carbocycles. The number of nitrogens with zero attached hydrogens (tertiary/aromatic N) is 2. The van der Waals surface area contributed by atoms with Gasteiger partial charge in [0.25, 0.3) is 5.91 Å². The van der Waals surface area contributed by atoms with Crippen LogP contribution in [0.25, 0.3) is 5.69 Å². The van der Waals surface area contributed by atoms with Gasteiger partial charge in [0.1, 0.15) is 5.75 Å². The van der Waals surface area contributed by atoms with Crippen LogP contribution >= 0.6 is 11.6 Å². The molecule has 2 aromatic carbocycles. The van der Waals surface area contributed by atoms with Crippen molar-refractivity contribution in [1.29, 1.82) is 0 Å². The molecule has 0 radical (unpaired) electrons. The van der Waals surface area contributed by atoms with Gasteiger partial charge in [-0.05, 0) is 44.2 Å². The van der Waals surface area contributed by atoms with Crippen molar-refractivity contribution in [2.45, 2.75) is 20.4 Å². The Kier molecular flexibility index (Phi) is 6.74. The number of hydrogen-bond acceptors (Lipinski definition) is 5. The lowest BCUT2D eigenvalue weighted by Gasteiger charge is -2.10. The van der Waals surface area contributed by atoms with Crippen LogP contribution in [0.4, 0.5) is 0 Å². The fraction of sp³-hybridized carbons (Fsp3) is 0.227. The lowest BCUT2D eigenvalue weighted by Crippen LogP contribution is -2.28. The number of rotatable bonds is 7. The van der Waals surface area contributed by atoms with E-state index in [1.807, 2.05) is 38.1 Å². The summed E-state index contributed by atoms with van der Waals surface area (Å²) in [7, 11) is 1.57. The number of aryl methyl sites for hydroxylation is 1. The summed E-state index contributed by atoms with van der Waals surface area (Å²) in [5.41, 5.74) is 3.49. The number of methoxy groups -OCH3 is 1. The quantitative estimate of drug-likeness (QED) is 0.582. The summed E-state index contributed by atoms with van der Waals surface area (Å²) in [4.78, 5) is 24.2. The molecule has 0 bridgehead atoms. The Morgan fingerprint density at radius 3 is 2.43 bits per heavy atom. The number of carbonyl (C=O) groups is 2. The highest BCUT2D eigenvalue weighted by Crippen LogP contribution is 2.22.